The molecule has 2 aromatic rings. The lowest BCUT2D eigenvalue weighted by atomic mass is 9.85. The van der Waals surface area contributed by atoms with E-state index in [9.17, 15) is 9.59 Å². The number of benzene rings is 1. The Morgan fingerprint density at radius 1 is 1.11 bits per heavy atom. The lowest BCUT2D eigenvalue weighted by Gasteiger charge is -2.19. The van der Waals surface area contributed by atoms with Crippen LogP contribution in [-0.2, 0) is 16.0 Å². The fraction of sp³-hybridized carbons (Fsp3) is 0.455. The smallest absolute Gasteiger partial charge is 0.310 e. The summed E-state index contributed by atoms with van der Waals surface area (Å²) in [4.78, 5) is 26.8. The summed E-state index contributed by atoms with van der Waals surface area (Å²) in [5.74, 6) is 0.864. The quantitative estimate of drug-likeness (QED) is 0.479. The molecule has 5 heteroatoms. The highest BCUT2D eigenvalue weighted by atomic mass is 32.1. The first-order valence-electron chi connectivity index (χ1n) is 9.59. The molecule has 4 nitrogen and oxygen atoms in total. The molecule has 1 aliphatic rings. The zero-order valence-electron chi connectivity index (χ0n) is 16.0. The number of carbonyl (C=O) groups excluding carboxylic acids is 2. The van der Waals surface area contributed by atoms with E-state index in [-0.39, 0.29) is 24.1 Å². The number of esters is 1. The molecule has 144 valence electrons. The van der Waals surface area contributed by atoms with Gasteiger partial charge in [0.05, 0.1) is 25.0 Å². The van der Waals surface area contributed by atoms with Crippen LogP contribution in [0, 0.1) is 5.92 Å². The van der Waals surface area contributed by atoms with Gasteiger partial charge < -0.3 is 9.47 Å². The van der Waals surface area contributed by atoms with Crippen LogP contribution in [0.15, 0.2) is 30.3 Å². The zero-order chi connectivity index (χ0) is 19.2. The summed E-state index contributed by atoms with van der Waals surface area (Å²) in [5, 5.41) is 0. The minimum atomic E-state index is -0.262. The highest BCUT2D eigenvalue weighted by molar-refractivity contribution is 7.17. The van der Waals surface area contributed by atoms with Crippen LogP contribution < -0.4 is 4.74 Å². The summed E-state index contributed by atoms with van der Waals surface area (Å²) in [7, 11) is 1.63. The van der Waals surface area contributed by atoms with Gasteiger partial charge in [0.1, 0.15) is 5.75 Å². The van der Waals surface area contributed by atoms with Crippen LogP contribution in [-0.4, -0.2) is 25.5 Å². The summed E-state index contributed by atoms with van der Waals surface area (Å²) >= 11 is 1.49. The number of ether oxygens (including phenoxy) is 2. The van der Waals surface area contributed by atoms with Crippen LogP contribution in [0.2, 0.25) is 0 Å². The van der Waals surface area contributed by atoms with Crippen molar-refractivity contribution in [3.8, 4) is 16.2 Å². The molecule has 0 amide bonds. The third-order valence-corrected chi connectivity index (χ3v) is 6.26. The van der Waals surface area contributed by atoms with E-state index in [4.69, 9.17) is 9.47 Å². The van der Waals surface area contributed by atoms with Gasteiger partial charge in [0.2, 0.25) is 0 Å². The zero-order valence-corrected chi connectivity index (χ0v) is 16.8. The van der Waals surface area contributed by atoms with E-state index in [1.54, 1.807) is 14.0 Å². The molecule has 1 aromatic carbocycles. The van der Waals surface area contributed by atoms with Crippen molar-refractivity contribution in [1.82, 2.24) is 0 Å². The minimum Gasteiger partial charge on any atom is -0.497 e. The maximum absolute atomic E-state index is 13.0. The molecule has 0 aliphatic heterocycles. The van der Waals surface area contributed by atoms with E-state index >= 15 is 0 Å². The van der Waals surface area contributed by atoms with E-state index < -0.39 is 0 Å². The van der Waals surface area contributed by atoms with E-state index in [1.807, 2.05) is 30.3 Å². The second kappa shape index (κ2) is 9.18. The number of Topliss-reactive ketones (excluding diaryl/α,β-unsaturated/α-hetero) is 1. The van der Waals surface area contributed by atoms with Crippen molar-refractivity contribution in [2.24, 2.45) is 5.92 Å². The largest absolute Gasteiger partial charge is 0.497 e. The molecule has 0 N–H and O–H groups in total. The maximum atomic E-state index is 13.0. The molecule has 1 aromatic heterocycles. The SMILES string of the molecule is CCOC(=O)Cc1cc(C(=O)C2CCCCC2)sc1-c1ccc(OC)cc1. The van der Waals surface area contributed by atoms with Gasteiger partial charge >= 0.3 is 5.97 Å². The van der Waals surface area contributed by atoms with Crippen LogP contribution in [0.25, 0.3) is 10.4 Å². The first-order valence-corrected chi connectivity index (χ1v) is 10.4. The van der Waals surface area contributed by atoms with Crippen LogP contribution in [0.5, 0.6) is 5.75 Å². The summed E-state index contributed by atoms with van der Waals surface area (Å²) < 4.78 is 10.3. The first-order chi connectivity index (χ1) is 13.1. The van der Waals surface area contributed by atoms with Crippen LogP contribution in [0.1, 0.15) is 54.3 Å². The predicted molar refractivity (Wildman–Crippen MR) is 108 cm³/mol. The molecule has 1 aliphatic carbocycles. The van der Waals surface area contributed by atoms with Crippen molar-refractivity contribution in [3.63, 3.8) is 0 Å². The van der Waals surface area contributed by atoms with Crippen molar-refractivity contribution in [1.29, 1.82) is 0 Å². The van der Waals surface area contributed by atoms with Gasteiger partial charge in [-0.2, -0.15) is 0 Å². The molecule has 1 heterocycles. The van der Waals surface area contributed by atoms with Crippen molar-refractivity contribution in [3.05, 3.63) is 40.8 Å². The van der Waals surface area contributed by atoms with Gasteiger partial charge in [0.15, 0.2) is 5.78 Å². The Balaban J connectivity index is 1.92. The van der Waals surface area contributed by atoms with Crippen LogP contribution >= 0.6 is 11.3 Å². The molecule has 0 bridgehead atoms. The Labute approximate surface area is 164 Å². The second-order valence-electron chi connectivity index (χ2n) is 6.87. The molecule has 3 rings (SSSR count). The third-order valence-electron chi connectivity index (χ3n) is 5.02. The van der Waals surface area contributed by atoms with E-state index in [0.29, 0.717) is 6.61 Å². The Bertz CT molecular complexity index is 785. The van der Waals surface area contributed by atoms with Gasteiger partial charge in [0, 0.05) is 10.8 Å². The Hall–Kier alpha value is -2.14. The number of carbonyl (C=O) groups is 2. The van der Waals surface area contributed by atoms with E-state index in [1.165, 1.54) is 17.8 Å². The molecule has 1 fully saturated rings. The lowest BCUT2D eigenvalue weighted by molar-refractivity contribution is -0.142. The highest BCUT2D eigenvalue weighted by Gasteiger charge is 2.26. The monoisotopic (exact) mass is 386 g/mol. The average molecular weight is 387 g/mol. The Morgan fingerprint density at radius 2 is 1.81 bits per heavy atom. The van der Waals surface area contributed by atoms with Gasteiger partial charge in [-0.3, -0.25) is 9.59 Å². The van der Waals surface area contributed by atoms with Crippen LogP contribution in [0.4, 0.5) is 0 Å². The van der Waals surface area contributed by atoms with E-state index in [0.717, 1.165) is 52.3 Å². The van der Waals surface area contributed by atoms with Crippen molar-refractivity contribution in [2.75, 3.05) is 13.7 Å². The van der Waals surface area contributed by atoms with Crippen molar-refractivity contribution in [2.45, 2.75) is 45.4 Å². The maximum Gasteiger partial charge on any atom is 0.310 e. The predicted octanol–water partition coefficient (Wildman–Crippen LogP) is 5.29. The molecule has 0 saturated heterocycles. The second-order valence-corrected chi connectivity index (χ2v) is 7.93. The normalized spacial score (nSPS) is 14.7. The number of rotatable bonds is 7. The summed E-state index contributed by atoms with van der Waals surface area (Å²) in [6.07, 6.45) is 5.61. The average Bonchev–Trinajstić information content (AvgIpc) is 3.12. The lowest BCUT2D eigenvalue weighted by Crippen LogP contribution is -2.16. The third kappa shape index (κ3) is 4.78. The van der Waals surface area contributed by atoms with Crippen molar-refractivity contribution < 1.29 is 19.1 Å². The van der Waals surface area contributed by atoms with E-state index in [2.05, 4.69) is 0 Å². The van der Waals surface area contributed by atoms with Gasteiger partial charge in [0.25, 0.3) is 0 Å². The fourth-order valence-corrected chi connectivity index (χ4v) is 4.81. The summed E-state index contributed by atoms with van der Waals surface area (Å²) in [6.45, 7) is 2.16. The van der Waals surface area contributed by atoms with Gasteiger partial charge in [-0.05, 0) is 61.2 Å². The molecule has 0 atom stereocenters. The first kappa shape index (κ1) is 19.6. The number of hydrogen-bond donors (Lipinski definition) is 0. The summed E-state index contributed by atoms with van der Waals surface area (Å²) in [6, 6.07) is 9.62. The number of hydrogen-bond acceptors (Lipinski definition) is 5. The Kier molecular flexibility index (Phi) is 6.67. The molecular weight excluding hydrogens is 360 g/mol. The standard InChI is InChI=1S/C22H26O4S/c1-3-26-20(23)14-17-13-19(21(24)15-7-5-4-6-8-15)27-22(17)16-9-11-18(25-2)12-10-16/h9-13,15H,3-8,14H2,1-2H3. The minimum absolute atomic E-state index is 0.122. The topological polar surface area (TPSA) is 52.6 Å². The number of methoxy groups -OCH3 is 1. The van der Waals surface area contributed by atoms with Crippen molar-refractivity contribution >= 4 is 23.1 Å². The van der Waals surface area contributed by atoms with Crippen LogP contribution in [0.3, 0.4) is 0 Å². The Morgan fingerprint density at radius 3 is 2.44 bits per heavy atom. The van der Waals surface area contributed by atoms with Gasteiger partial charge in [-0.15, -0.1) is 11.3 Å². The number of thiophene rings is 1. The molecule has 0 unspecified atom stereocenters. The molecular formula is C22H26O4S. The summed E-state index contributed by atoms with van der Waals surface area (Å²) in [5.41, 5.74) is 1.85. The van der Waals surface area contributed by atoms with Gasteiger partial charge in [-0.25, -0.2) is 0 Å². The molecule has 27 heavy (non-hydrogen) atoms. The highest BCUT2D eigenvalue weighted by Crippen LogP contribution is 2.37. The molecule has 0 spiro atoms. The number of ketones is 1. The fourth-order valence-electron chi connectivity index (χ4n) is 3.60. The molecule has 1 saturated carbocycles. The molecule has 0 radical (unpaired) electrons. The van der Waals surface area contributed by atoms with Gasteiger partial charge in [-0.1, -0.05) is 19.3 Å².